The highest BCUT2D eigenvalue weighted by atomic mass is 16.5. The van der Waals surface area contributed by atoms with Crippen molar-refractivity contribution in [3.05, 3.63) is 65.7 Å². The van der Waals surface area contributed by atoms with Gasteiger partial charge in [0, 0.05) is 5.56 Å². The van der Waals surface area contributed by atoms with Crippen LogP contribution < -0.4 is 4.74 Å². The lowest BCUT2D eigenvalue weighted by Crippen LogP contribution is -2.06. The third kappa shape index (κ3) is 3.44. The monoisotopic (exact) mass is 254 g/mol. The van der Waals surface area contributed by atoms with Crippen molar-refractivity contribution in [3.8, 4) is 5.75 Å². The first-order chi connectivity index (χ1) is 9.33. The quantitative estimate of drug-likeness (QED) is 0.573. The van der Waals surface area contributed by atoms with Gasteiger partial charge in [-0.3, -0.25) is 4.79 Å². The van der Waals surface area contributed by atoms with E-state index in [2.05, 4.69) is 6.92 Å². The molecule has 0 heterocycles. The summed E-state index contributed by atoms with van der Waals surface area (Å²) in [5.41, 5.74) is 1.32. The van der Waals surface area contributed by atoms with Crippen LogP contribution in [0.5, 0.6) is 5.75 Å². The van der Waals surface area contributed by atoms with Gasteiger partial charge in [-0.15, -0.1) is 0 Å². The first-order valence-electron chi connectivity index (χ1n) is 6.64. The van der Waals surface area contributed by atoms with Crippen LogP contribution in [-0.2, 0) is 0 Å². The minimum absolute atomic E-state index is 0.00713. The Balaban J connectivity index is 2.22. The summed E-state index contributed by atoms with van der Waals surface area (Å²) in [5, 5.41) is 0. The van der Waals surface area contributed by atoms with E-state index >= 15 is 0 Å². The van der Waals surface area contributed by atoms with Crippen molar-refractivity contribution in [2.75, 3.05) is 6.61 Å². The molecule has 2 heteroatoms. The van der Waals surface area contributed by atoms with E-state index in [1.165, 1.54) is 0 Å². The average molecular weight is 254 g/mol. The van der Waals surface area contributed by atoms with E-state index in [4.69, 9.17) is 4.74 Å². The van der Waals surface area contributed by atoms with Gasteiger partial charge in [-0.05, 0) is 18.6 Å². The fourth-order valence-electron chi connectivity index (χ4n) is 1.85. The molecule has 0 aliphatic heterocycles. The number of rotatable bonds is 6. The van der Waals surface area contributed by atoms with Gasteiger partial charge in [0.15, 0.2) is 5.78 Å². The van der Waals surface area contributed by atoms with Gasteiger partial charge >= 0.3 is 0 Å². The van der Waals surface area contributed by atoms with E-state index in [0.29, 0.717) is 23.5 Å². The molecular formula is C17H18O2. The van der Waals surface area contributed by atoms with Crippen molar-refractivity contribution in [2.45, 2.75) is 19.8 Å². The summed E-state index contributed by atoms with van der Waals surface area (Å²) in [6.45, 7) is 2.76. The van der Waals surface area contributed by atoms with Gasteiger partial charge in [0.05, 0.1) is 12.2 Å². The second-order valence-corrected chi connectivity index (χ2v) is 4.39. The fraction of sp³-hybridized carbons (Fsp3) is 0.235. The normalized spacial score (nSPS) is 10.2. The molecule has 0 radical (unpaired) electrons. The van der Waals surface area contributed by atoms with E-state index in [-0.39, 0.29) is 5.78 Å². The van der Waals surface area contributed by atoms with E-state index < -0.39 is 0 Å². The predicted molar refractivity (Wildman–Crippen MR) is 76.7 cm³/mol. The zero-order valence-electron chi connectivity index (χ0n) is 11.1. The highest BCUT2D eigenvalue weighted by Gasteiger charge is 2.13. The Morgan fingerprint density at radius 2 is 1.68 bits per heavy atom. The molecule has 0 N–H and O–H groups in total. The number of hydrogen-bond acceptors (Lipinski definition) is 2. The highest BCUT2D eigenvalue weighted by molar-refractivity contribution is 6.10. The summed E-state index contributed by atoms with van der Waals surface area (Å²) in [7, 11) is 0. The number of hydrogen-bond donors (Lipinski definition) is 0. The van der Waals surface area contributed by atoms with Crippen molar-refractivity contribution < 1.29 is 9.53 Å². The summed E-state index contributed by atoms with van der Waals surface area (Å²) < 4.78 is 5.70. The maximum atomic E-state index is 12.4. The molecule has 98 valence electrons. The molecule has 0 bridgehead atoms. The number of benzene rings is 2. The number of ketones is 1. The lowest BCUT2D eigenvalue weighted by Gasteiger charge is -2.10. The number of unbranched alkanes of at least 4 members (excludes halogenated alkanes) is 1. The lowest BCUT2D eigenvalue weighted by atomic mass is 10.0. The molecule has 0 amide bonds. The Labute approximate surface area is 114 Å². The molecule has 2 nitrogen and oxygen atoms in total. The minimum atomic E-state index is 0.00713. The summed E-state index contributed by atoms with van der Waals surface area (Å²) in [6, 6.07) is 16.7. The molecule has 2 rings (SSSR count). The Kier molecular flexibility index (Phi) is 4.73. The largest absolute Gasteiger partial charge is 0.493 e. The molecule has 0 unspecified atom stereocenters. The SMILES string of the molecule is CCCCOc1ccccc1C(=O)c1ccccc1. The Bertz CT molecular complexity index is 532. The molecule has 0 atom stereocenters. The highest BCUT2D eigenvalue weighted by Crippen LogP contribution is 2.21. The van der Waals surface area contributed by atoms with Crippen LogP contribution in [0.2, 0.25) is 0 Å². The van der Waals surface area contributed by atoms with E-state index in [1.807, 2.05) is 54.6 Å². The Morgan fingerprint density at radius 1 is 1.00 bits per heavy atom. The summed E-state index contributed by atoms with van der Waals surface area (Å²) in [5.74, 6) is 0.678. The average Bonchev–Trinajstić information content (AvgIpc) is 2.48. The van der Waals surface area contributed by atoms with Gasteiger partial charge < -0.3 is 4.74 Å². The third-order valence-electron chi connectivity index (χ3n) is 2.92. The van der Waals surface area contributed by atoms with Crippen LogP contribution >= 0.6 is 0 Å². The fourth-order valence-corrected chi connectivity index (χ4v) is 1.85. The Hall–Kier alpha value is -2.09. The predicted octanol–water partition coefficient (Wildman–Crippen LogP) is 4.10. The molecule has 2 aromatic carbocycles. The van der Waals surface area contributed by atoms with Crippen LogP contribution in [0.3, 0.4) is 0 Å². The van der Waals surface area contributed by atoms with Crippen molar-refractivity contribution in [2.24, 2.45) is 0 Å². The molecule has 0 saturated carbocycles. The van der Waals surface area contributed by atoms with Crippen molar-refractivity contribution >= 4 is 5.78 Å². The van der Waals surface area contributed by atoms with Crippen molar-refractivity contribution in [1.29, 1.82) is 0 Å². The number of para-hydroxylation sites is 1. The molecule has 0 spiro atoms. The maximum Gasteiger partial charge on any atom is 0.196 e. The third-order valence-corrected chi connectivity index (χ3v) is 2.92. The number of ether oxygens (including phenoxy) is 1. The second-order valence-electron chi connectivity index (χ2n) is 4.39. The smallest absolute Gasteiger partial charge is 0.196 e. The molecule has 0 saturated heterocycles. The van der Waals surface area contributed by atoms with E-state index in [1.54, 1.807) is 0 Å². The second kappa shape index (κ2) is 6.74. The number of carbonyl (C=O) groups is 1. The first-order valence-corrected chi connectivity index (χ1v) is 6.64. The van der Waals surface area contributed by atoms with Gasteiger partial charge in [0.1, 0.15) is 5.75 Å². The molecule has 0 aliphatic rings. The van der Waals surface area contributed by atoms with Crippen LogP contribution in [0, 0.1) is 0 Å². The summed E-state index contributed by atoms with van der Waals surface area (Å²) in [4.78, 5) is 12.4. The van der Waals surface area contributed by atoms with Crippen LogP contribution in [0.25, 0.3) is 0 Å². The van der Waals surface area contributed by atoms with Crippen LogP contribution in [-0.4, -0.2) is 12.4 Å². The van der Waals surface area contributed by atoms with Crippen LogP contribution in [0.1, 0.15) is 35.7 Å². The Morgan fingerprint density at radius 3 is 2.42 bits per heavy atom. The van der Waals surface area contributed by atoms with E-state index in [9.17, 15) is 4.79 Å². The van der Waals surface area contributed by atoms with Gasteiger partial charge in [-0.1, -0.05) is 55.8 Å². The van der Waals surface area contributed by atoms with Gasteiger partial charge in [-0.2, -0.15) is 0 Å². The molecule has 19 heavy (non-hydrogen) atoms. The van der Waals surface area contributed by atoms with Crippen LogP contribution in [0.15, 0.2) is 54.6 Å². The van der Waals surface area contributed by atoms with E-state index in [0.717, 1.165) is 12.8 Å². The lowest BCUT2D eigenvalue weighted by molar-refractivity contribution is 0.103. The molecule has 0 aromatic heterocycles. The first kappa shape index (κ1) is 13.3. The zero-order chi connectivity index (χ0) is 13.5. The molecule has 2 aromatic rings. The minimum Gasteiger partial charge on any atom is -0.493 e. The van der Waals surface area contributed by atoms with Crippen molar-refractivity contribution in [1.82, 2.24) is 0 Å². The number of carbonyl (C=O) groups excluding carboxylic acids is 1. The molecule has 0 aliphatic carbocycles. The molecule has 0 fully saturated rings. The zero-order valence-corrected chi connectivity index (χ0v) is 11.1. The summed E-state index contributed by atoms with van der Waals surface area (Å²) in [6.07, 6.45) is 2.07. The summed E-state index contributed by atoms with van der Waals surface area (Å²) >= 11 is 0. The topological polar surface area (TPSA) is 26.3 Å². The molecular weight excluding hydrogens is 236 g/mol. The van der Waals surface area contributed by atoms with Gasteiger partial charge in [0.2, 0.25) is 0 Å². The van der Waals surface area contributed by atoms with Gasteiger partial charge in [0.25, 0.3) is 0 Å². The van der Waals surface area contributed by atoms with Crippen LogP contribution in [0.4, 0.5) is 0 Å². The van der Waals surface area contributed by atoms with Crippen molar-refractivity contribution in [3.63, 3.8) is 0 Å². The van der Waals surface area contributed by atoms with Gasteiger partial charge in [-0.25, -0.2) is 0 Å². The standard InChI is InChI=1S/C17H18O2/c1-2-3-13-19-16-12-8-7-11-15(16)17(18)14-9-5-4-6-10-14/h4-12H,2-3,13H2,1H3. The maximum absolute atomic E-state index is 12.4.